The van der Waals surface area contributed by atoms with Crippen molar-refractivity contribution in [3.63, 3.8) is 0 Å². The minimum atomic E-state index is -0.691. The number of carbonyl (C=O) groups is 2. The molecule has 3 rings (SSSR count). The molecule has 0 radical (unpaired) electrons. The lowest BCUT2D eigenvalue weighted by Crippen LogP contribution is -2.44. The van der Waals surface area contributed by atoms with Crippen molar-refractivity contribution >= 4 is 51.9 Å². The first-order chi connectivity index (χ1) is 14.8. The van der Waals surface area contributed by atoms with Gasteiger partial charge in [0.2, 0.25) is 0 Å². The molecule has 0 aliphatic carbocycles. The fourth-order valence-electron chi connectivity index (χ4n) is 2.69. The molecule has 0 atom stereocenters. The third-order valence-corrected chi connectivity index (χ3v) is 5.41. The molecule has 1 aliphatic rings. The molecule has 160 valence electrons. The van der Waals surface area contributed by atoms with Crippen LogP contribution in [0.1, 0.15) is 22.8 Å². The lowest BCUT2D eigenvalue weighted by atomic mass is 10.2. The van der Waals surface area contributed by atoms with E-state index >= 15 is 0 Å². The second-order valence-corrected chi connectivity index (χ2v) is 7.78. The summed E-state index contributed by atoms with van der Waals surface area (Å²) < 4.78 is 10.9. The van der Waals surface area contributed by atoms with E-state index in [2.05, 4.69) is 5.43 Å². The largest absolute Gasteiger partial charge is 0.493 e. The molecule has 2 aromatic carbocycles. The normalized spacial score (nSPS) is 14.6. The van der Waals surface area contributed by atoms with E-state index in [1.807, 2.05) is 6.92 Å². The van der Waals surface area contributed by atoms with E-state index < -0.39 is 16.7 Å². The first-order valence-corrected chi connectivity index (χ1v) is 10.2. The lowest BCUT2D eigenvalue weighted by Gasteiger charge is -2.15. The maximum atomic E-state index is 12.8. The maximum Gasteiger partial charge on any atom is 0.285 e. The summed E-state index contributed by atoms with van der Waals surface area (Å²) in [6, 6.07) is 10.4. The summed E-state index contributed by atoms with van der Waals surface area (Å²) in [5, 5.41) is 11.8. The molecular formula is C20H17N3O6S2. The van der Waals surface area contributed by atoms with Crippen LogP contribution in [0.5, 0.6) is 11.5 Å². The van der Waals surface area contributed by atoms with Gasteiger partial charge in [-0.25, -0.2) is 0 Å². The van der Waals surface area contributed by atoms with Crippen molar-refractivity contribution in [2.75, 3.05) is 13.7 Å². The van der Waals surface area contributed by atoms with Gasteiger partial charge in [0.15, 0.2) is 15.8 Å². The molecule has 0 aromatic heterocycles. The molecule has 0 spiro atoms. The van der Waals surface area contributed by atoms with Gasteiger partial charge in [0, 0.05) is 17.7 Å². The lowest BCUT2D eigenvalue weighted by molar-refractivity contribution is -0.384. The van der Waals surface area contributed by atoms with Crippen LogP contribution in [0, 0.1) is 10.1 Å². The van der Waals surface area contributed by atoms with Crippen molar-refractivity contribution in [1.82, 2.24) is 10.4 Å². The van der Waals surface area contributed by atoms with Gasteiger partial charge >= 0.3 is 0 Å². The number of amides is 2. The first kappa shape index (κ1) is 22.2. The van der Waals surface area contributed by atoms with E-state index in [0.29, 0.717) is 28.6 Å². The van der Waals surface area contributed by atoms with E-state index in [1.165, 1.54) is 25.3 Å². The number of benzene rings is 2. The van der Waals surface area contributed by atoms with Gasteiger partial charge in [0.25, 0.3) is 17.5 Å². The van der Waals surface area contributed by atoms with Crippen LogP contribution < -0.4 is 14.9 Å². The summed E-state index contributed by atoms with van der Waals surface area (Å²) in [5.41, 5.74) is 2.88. The smallest absolute Gasteiger partial charge is 0.285 e. The van der Waals surface area contributed by atoms with Crippen molar-refractivity contribution in [2.45, 2.75) is 6.92 Å². The van der Waals surface area contributed by atoms with Crippen LogP contribution in [0.4, 0.5) is 5.69 Å². The minimum Gasteiger partial charge on any atom is -0.493 e. The Bertz CT molecular complexity index is 1100. The molecule has 2 amide bonds. The number of hydrogen-bond acceptors (Lipinski definition) is 8. The minimum absolute atomic E-state index is 0.0310. The second kappa shape index (κ2) is 9.58. The quantitative estimate of drug-likeness (QED) is 0.290. The Labute approximate surface area is 187 Å². The van der Waals surface area contributed by atoms with Crippen LogP contribution >= 0.6 is 24.0 Å². The molecule has 0 unspecified atom stereocenters. The van der Waals surface area contributed by atoms with E-state index in [-0.39, 0.29) is 15.6 Å². The summed E-state index contributed by atoms with van der Waals surface area (Å²) in [6.45, 7) is 2.35. The topological polar surface area (TPSA) is 111 Å². The van der Waals surface area contributed by atoms with Crippen LogP contribution in [0.2, 0.25) is 0 Å². The third-order valence-electron chi connectivity index (χ3n) is 4.11. The highest BCUT2D eigenvalue weighted by molar-refractivity contribution is 8.26. The number of ether oxygens (including phenoxy) is 2. The highest BCUT2D eigenvalue weighted by atomic mass is 32.2. The first-order valence-electron chi connectivity index (χ1n) is 8.98. The van der Waals surface area contributed by atoms with Crippen LogP contribution in [0.15, 0.2) is 47.4 Å². The molecule has 31 heavy (non-hydrogen) atoms. The molecule has 1 saturated heterocycles. The van der Waals surface area contributed by atoms with Gasteiger partial charge in [0.05, 0.1) is 23.5 Å². The molecule has 1 aliphatic heterocycles. The summed E-state index contributed by atoms with van der Waals surface area (Å²) in [6.07, 6.45) is 1.62. The number of nitro groups is 1. The van der Waals surface area contributed by atoms with Gasteiger partial charge < -0.3 is 9.47 Å². The van der Waals surface area contributed by atoms with E-state index in [0.717, 1.165) is 22.8 Å². The SMILES string of the molecule is CCOc1ccc(/C=C2/SC(=S)N(NC(=O)c3cccc([N+](=O)[O-])c3)C2=O)cc1OC. The van der Waals surface area contributed by atoms with Gasteiger partial charge in [-0.15, -0.1) is 0 Å². The number of non-ortho nitro benzene ring substituents is 1. The standard InChI is InChI=1S/C20H17N3O6S2/c1-3-29-15-8-7-12(9-16(15)28-2)10-17-19(25)22(20(30)31-17)21-18(24)13-5-4-6-14(11-13)23(26)27/h4-11H,3H2,1-2H3,(H,21,24)/b17-10+. The van der Waals surface area contributed by atoms with Crippen LogP contribution in [0.25, 0.3) is 6.08 Å². The number of rotatable bonds is 7. The van der Waals surface area contributed by atoms with Crippen LogP contribution in [-0.2, 0) is 4.79 Å². The van der Waals surface area contributed by atoms with E-state index in [4.69, 9.17) is 21.7 Å². The Morgan fingerprint density at radius 1 is 1.29 bits per heavy atom. The Balaban J connectivity index is 1.78. The molecule has 9 nitrogen and oxygen atoms in total. The van der Waals surface area contributed by atoms with Crippen molar-refractivity contribution in [1.29, 1.82) is 0 Å². The average Bonchev–Trinajstić information content (AvgIpc) is 3.02. The predicted octanol–water partition coefficient (Wildman–Crippen LogP) is 3.55. The number of thioether (sulfide) groups is 1. The summed E-state index contributed by atoms with van der Waals surface area (Å²) in [7, 11) is 1.52. The highest BCUT2D eigenvalue weighted by Crippen LogP contribution is 2.34. The van der Waals surface area contributed by atoms with E-state index in [9.17, 15) is 19.7 Å². The highest BCUT2D eigenvalue weighted by Gasteiger charge is 2.34. The summed E-state index contributed by atoms with van der Waals surface area (Å²) >= 11 is 6.23. The molecular weight excluding hydrogens is 442 g/mol. The molecule has 2 aromatic rings. The predicted molar refractivity (Wildman–Crippen MR) is 120 cm³/mol. The third kappa shape index (κ3) is 5.01. The number of carbonyl (C=O) groups excluding carboxylic acids is 2. The zero-order valence-electron chi connectivity index (χ0n) is 16.5. The zero-order chi connectivity index (χ0) is 22.5. The number of thiocarbonyl (C=S) groups is 1. The zero-order valence-corrected chi connectivity index (χ0v) is 18.1. The molecule has 1 heterocycles. The van der Waals surface area contributed by atoms with Gasteiger partial charge in [-0.1, -0.05) is 23.9 Å². The van der Waals surface area contributed by atoms with Gasteiger partial charge in [0.1, 0.15) is 0 Å². The summed E-state index contributed by atoms with van der Waals surface area (Å²) in [4.78, 5) is 35.8. The summed E-state index contributed by atoms with van der Waals surface area (Å²) in [5.74, 6) is -0.102. The molecule has 0 bridgehead atoms. The Morgan fingerprint density at radius 3 is 2.74 bits per heavy atom. The number of nitrogens with zero attached hydrogens (tertiary/aromatic N) is 2. The van der Waals surface area contributed by atoms with Gasteiger partial charge in [-0.3, -0.25) is 25.1 Å². The Morgan fingerprint density at radius 2 is 2.06 bits per heavy atom. The Kier molecular flexibility index (Phi) is 6.88. The van der Waals surface area contributed by atoms with Gasteiger partial charge in [-0.05, 0) is 49.0 Å². The molecule has 1 fully saturated rings. The average molecular weight is 460 g/mol. The van der Waals surface area contributed by atoms with E-state index in [1.54, 1.807) is 24.3 Å². The molecule has 11 heteroatoms. The van der Waals surface area contributed by atoms with Crippen molar-refractivity contribution in [2.24, 2.45) is 0 Å². The second-order valence-electron chi connectivity index (χ2n) is 6.11. The maximum absolute atomic E-state index is 12.8. The molecule has 1 N–H and O–H groups in total. The van der Waals surface area contributed by atoms with Crippen molar-refractivity contribution in [3.8, 4) is 11.5 Å². The molecule has 0 saturated carbocycles. The van der Waals surface area contributed by atoms with Crippen molar-refractivity contribution < 1.29 is 24.0 Å². The number of methoxy groups -OCH3 is 1. The monoisotopic (exact) mass is 459 g/mol. The number of hydrogen-bond donors (Lipinski definition) is 1. The number of nitrogens with one attached hydrogen (secondary N) is 1. The number of nitro benzene ring substituents is 1. The fourth-order valence-corrected chi connectivity index (χ4v) is 3.87. The fraction of sp³-hybridized carbons (Fsp3) is 0.150. The number of hydrazine groups is 1. The van der Waals surface area contributed by atoms with Crippen LogP contribution in [0.3, 0.4) is 0 Å². The Hall–Kier alpha value is -3.44. The van der Waals surface area contributed by atoms with Crippen molar-refractivity contribution in [3.05, 3.63) is 68.6 Å². The van der Waals surface area contributed by atoms with Gasteiger partial charge in [-0.2, -0.15) is 5.01 Å². The van der Waals surface area contributed by atoms with Crippen LogP contribution in [-0.4, -0.2) is 39.8 Å².